The molecule has 2 heterocycles. The summed E-state index contributed by atoms with van der Waals surface area (Å²) in [6.07, 6.45) is -5.27. The number of hydrogen-bond donors (Lipinski definition) is 1. The molecule has 1 amide bonds. The van der Waals surface area contributed by atoms with Crippen molar-refractivity contribution in [3.8, 4) is 0 Å². The monoisotopic (exact) mass is 425 g/mol. The Morgan fingerprint density at radius 2 is 2.00 bits per heavy atom. The smallest absolute Gasteiger partial charge is 0.416 e. The first-order valence-electron chi connectivity index (χ1n) is 8.82. The van der Waals surface area contributed by atoms with E-state index in [9.17, 15) is 28.1 Å². The molecule has 30 heavy (non-hydrogen) atoms. The molecule has 0 fully saturated rings. The van der Waals surface area contributed by atoms with Crippen LogP contribution in [0, 0.1) is 17.0 Å². The number of nitrogens with zero attached hydrogens (tertiary/aromatic N) is 4. The second kappa shape index (κ2) is 7.76. The van der Waals surface area contributed by atoms with Gasteiger partial charge in [-0.2, -0.15) is 13.2 Å². The summed E-state index contributed by atoms with van der Waals surface area (Å²) in [6, 6.07) is 1.70. The molecule has 2 aromatic rings. The van der Waals surface area contributed by atoms with Crippen LogP contribution in [0.4, 0.5) is 29.5 Å². The van der Waals surface area contributed by atoms with Gasteiger partial charge in [0, 0.05) is 17.7 Å². The molecule has 3 rings (SSSR count). The number of carbonyl (C=O) groups is 1. The van der Waals surface area contributed by atoms with Crippen LogP contribution in [0.1, 0.15) is 41.2 Å². The average Bonchev–Trinajstić information content (AvgIpc) is 3.10. The zero-order chi connectivity index (χ0) is 22.2. The van der Waals surface area contributed by atoms with Gasteiger partial charge in [0.05, 0.1) is 42.4 Å². The molecular formula is C18H18F3N5O4. The molecule has 0 bridgehead atoms. The molecule has 0 spiro atoms. The Morgan fingerprint density at radius 1 is 1.30 bits per heavy atom. The van der Waals surface area contributed by atoms with Crippen molar-refractivity contribution in [2.24, 2.45) is 0 Å². The summed E-state index contributed by atoms with van der Waals surface area (Å²) in [4.78, 5) is 32.1. The molecule has 9 nitrogen and oxygen atoms in total. The third-order valence-electron chi connectivity index (χ3n) is 4.66. The Balaban J connectivity index is 1.95. The average molecular weight is 425 g/mol. The highest BCUT2D eigenvalue weighted by atomic mass is 19.4. The minimum absolute atomic E-state index is 0.0735. The number of anilines is 1. The maximum Gasteiger partial charge on any atom is 0.416 e. The highest BCUT2D eigenvalue weighted by molar-refractivity contribution is 5.69. The number of methoxy groups -OCH3 is 1. The van der Waals surface area contributed by atoms with Crippen molar-refractivity contribution in [3.05, 3.63) is 56.5 Å². The van der Waals surface area contributed by atoms with E-state index in [-0.39, 0.29) is 18.7 Å². The maximum atomic E-state index is 13.2. The standard InChI is InChI=1S/C18H18F3N5O4/c1-9(11-4-12(18(19,20)21)6-13(5-11)26(28)29)22-16-14-7-25(17(27)30-3)8-15(14)23-10(2)24-16/h4-6,9H,7-8H2,1-3H3,(H,22,23,24)/t9-/m1/s1. The Bertz CT molecular complexity index is 1010. The molecular weight excluding hydrogens is 407 g/mol. The molecule has 12 heteroatoms. The van der Waals surface area contributed by atoms with E-state index in [4.69, 9.17) is 4.74 Å². The van der Waals surface area contributed by atoms with Crippen molar-refractivity contribution in [2.75, 3.05) is 12.4 Å². The van der Waals surface area contributed by atoms with E-state index < -0.39 is 34.5 Å². The number of carbonyl (C=O) groups excluding carboxylic acids is 1. The van der Waals surface area contributed by atoms with Gasteiger partial charge in [0.2, 0.25) is 0 Å². The van der Waals surface area contributed by atoms with Gasteiger partial charge >= 0.3 is 12.3 Å². The highest BCUT2D eigenvalue weighted by Crippen LogP contribution is 2.35. The van der Waals surface area contributed by atoms with Crippen LogP contribution < -0.4 is 5.32 Å². The van der Waals surface area contributed by atoms with E-state index in [1.165, 1.54) is 12.0 Å². The van der Waals surface area contributed by atoms with Crippen molar-refractivity contribution >= 4 is 17.6 Å². The van der Waals surface area contributed by atoms with Crippen molar-refractivity contribution in [1.29, 1.82) is 0 Å². The predicted molar refractivity (Wildman–Crippen MR) is 98.6 cm³/mol. The number of rotatable bonds is 4. The largest absolute Gasteiger partial charge is 0.453 e. The van der Waals surface area contributed by atoms with E-state index in [1.54, 1.807) is 13.8 Å². The van der Waals surface area contributed by atoms with Crippen LogP contribution in [0.25, 0.3) is 0 Å². The van der Waals surface area contributed by atoms with Crippen molar-refractivity contribution in [2.45, 2.75) is 39.2 Å². The number of non-ortho nitro benzene ring substituents is 1. The van der Waals surface area contributed by atoms with Crippen molar-refractivity contribution < 1.29 is 27.6 Å². The summed E-state index contributed by atoms with van der Waals surface area (Å²) in [6.45, 7) is 3.59. The van der Waals surface area contributed by atoms with Crippen LogP contribution in [0.2, 0.25) is 0 Å². The first kappa shape index (κ1) is 21.3. The van der Waals surface area contributed by atoms with E-state index in [0.29, 0.717) is 29.0 Å². The number of benzene rings is 1. The Kier molecular flexibility index (Phi) is 5.51. The Morgan fingerprint density at radius 3 is 2.60 bits per heavy atom. The fraction of sp³-hybridized carbons (Fsp3) is 0.389. The Labute approximate surface area is 169 Å². The molecule has 1 atom stereocenters. The number of aryl methyl sites for hydroxylation is 1. The lowest BCUT2D eigenvalue weighted by Crippen LogP contribution is -2.25. The molecule has 1 N–H and O–H groups in total. The molecule has 1 aliphatic rings. The lowest BCUT2D eigenvalue weighted by molar-refractivity contribution is -0.385. The molecule has 0 unspecified atom stereocenters. The van der Waals surface area contributed by atoms with Gasteiger partial charge in [0.25, 0.3) is 5.69 Å². The number of amides is 1. The van der Waals surface area contributed by atoms with Crippen LogP contribution in [0.3, 0.4) is 0 Å². The summed E-state index contributed by atoms with van der Waals surface area (Å²) in [5.74, 6) is 0.752. The first-order chi connectivity index (χ1) is 14.0. The number of nitro benzene ring substituents is 1. The fourth-order valence-corrected chi connectivity index (χ4v) is 3.20. The van der Waals surface area contributed by atoms with Crippen LogP contribution in [0.15, 0.2) is 18.2 Å². The number of alkyl halides is 3. The van der Waals surface area contributed by atoms with Crippen LogP contribution in [0.5, 0.6) is 0 Å². The summed E-state index contributed by atoms with van der Waals surface area (Å²) < 4.78 is 44.2. The number of halogens is 3. The van der Waals surface area contributed by atoms with E-state index in [2.05, 4.69) is 15.3 Å². The van der Waals surface area contributed by atoms with Gasteiger partial charge in [-0.15, -0.1) is 0 Å². The van der Waals surface area contributed by atoms with Crippen molar-refractivity contribution in [3.63, 3.8) is 0 Å². The fourth-order valence-electron chi connectivity index (χ4n) is 3.20. The van der Waals surface area contributed by atoms with Gasteiger partial charge in [-0.25, -0.2) is 14.8 Å². The summed E-state index contributed by atoms with van der Waals surface area (Å²) >= 11 is 0. The number of hydrogen-bond acceptors (Lipinski definition) is 7. The van der Waals surface area contributed by atoms with E-state index >= 15 is 0 Å². The van der Waals surface area contributed by atoms with E-state index in [0.717, 1.165) is 12.1 Å². The molecule has 0 saturated heterocycles. The molecule has 160 valence electrons. The van der Waals surface area contributed by atoms with E-state index in [1.807, 2.05) is 0 Å². The highest BCUT2D eigenvalue weighted by Gasteiger charge is 2.34. The SMILES string of the molecule is COC(=O)N1Cc2nc(C)nc(N[C@H](C)c3cc([N+](=O)[O-])cc(C(F)(F)F)c3)c2C1. The zero-order valence-corrected chi connectivity index (χ0v) is 16.3. The second-order valence-electron chi connectivity index (χ2n) is 6.80. The summed E-state index contributed by atoms with van der Waals surface area (Å²) in [5, 5.41) is 14.1. The zero-order valence-electron chi connectivity index (χ0n) is 16.3. The van der Waals surface area contributed by atoms with Gasteiger partial charge in [0.15, 0.2) is 0 Å². The summed E-state index contributed by atoms with van der Waals surface area (Å²) in [5.41, 5.74) is -0.489. The number of ether oxygens (including phenoxy) is 1. The van der Waals surface area contributed by atoms with Gasteiger partial charge in [-0.05, 0) is 25.5 Å². The normalized spacial score (nSPS) is 14.3. The number of nitro groups is 1. The molecule has 1 aromatic carbocycles. The molecule has 0 aliphatic carbocycles. The minimum atomic E-state index is -4.73. The topological polar surface area (TPSA) is 110 Å². The minimum Gasteiger partial charge on any atom is -0.453 e. The molecule has 0 saturated carbocycles. The molecule has 1 aromatic heterocycles. The number of aromatic nitrogens is 2. The van der Waals surface area contributed by atoms with Gasteiger partial charge in [-0.3, -0.25) is 15.0 Å². The molecule has 0 radical (unpaired) electrons. The van der Waals surface area contributed by atoms with Gasteiger partial charge in [0.1, 0.15) is 11.6 Å². The molecule has 1 aliphatic heterocycles. The first-order valence-corrected chi connectivity index (χ1v) is 8.82. The van der Waals surface area contributed by atoms with Crippen LogP contribution in [-0.2, 0) is 24.0 Å². The lowest BCUT2D eigenvalue weighted by atomic mass is 10.0. The third kappa shape index (κ3) is 4.26. The van der Waals surface area contributed by atoms with Crippen LogP contribution in [-0.4, -0.2) is 33.0 Å². The Hall–Kier alpha value is -3.44. The maximum absolute atomic E-state index is 13.2. The number of fused-ring (bicyclic) bond motifs is 1. The number of nitrogens with one attached hydrogen (secondary N) is 1. The van der Waals surface area contributed by atoms with Gasteiger partial charge in [-0.1, -0.05) is 0 Å². The second-order valence-corrected chi connectivity index (χ2v) is 6.80. The van der Waals surface area contributed by atoms with Crippen molar-refractivity contribution in [1.82, 2.24) is 14.9 Å². The van der Waals surface area contributed by atoms with Crippen LogP contribution >= 0.6 is 0 Å². The summed E-state index contributed by atoms with van der Waals surface area (Å²) in [7, 11) is 1.25. The lowest BCUT2D eigenvalue weighted by Gasteiger charge is -2.19. The van der Waals surface area contributed by atoms with Gasteiger partial charge < -0.3 is 10.1 Å². The third-order valence-corrected chi connectivity index (χ3v) is 4.66. The quantitative estimate of drug-likeness (QED) is 0.583. The predicted octanol–water partition coefficient (Wildman–Crippen LogP) is 3.97.